The van der Waals surface area contributed by atoms with Gasteiger partial charge in [0.1, 0.15) is 17.1 Å². The van der Waals surface area contributed by atoms with Crippen molar-refractivity contribution in [2.45, 2.75) is 72.6 Å². The van der Waals surface area contributed by atoms with Crippen molar-refractivity contribution in [3.8, 4) is 5.75 Å². The largest absolute Gasteiger partial charge is 0.459 e. The molecule has 0 unspecified atom stereocenters. The zero-order valence-corrected chi connectivity index (χ0v) is 39.8. The first-order valence-electron chi connectivity index (χ1n) is 23.5. The molecule has 0 saturated heterocycles. The molecule has 0 fully saturated rings. The van der Waals surface area contributed by atoms with Gasteiger partial charge in [-0.2, -0.15) is 0 Å². The zero-order chi connectivity index (χ0) is 46.4. The molecule has 0 bridgehead atoms. The summed E-state index contributed by atoms with van der Waals surface area (Å²) in [5, 5.41) is 9.37. The van der Waals surface area contributed by atoms with E-state index in [1.165, 1.54) is 43.8 Å². The molecule has 330 valence electrons. The lowest BCUT2D eigenvalue weighted by Crippen LogP contribution is -2.20. The van der Waals surface area contributed by atoms with E-state index in [2.05, 4.69) is 230 Å². The molecule has 0 saturated carbocycles. The van der Waals surface area contributed by atoms with Crippen molar-refractivity contribution in [2.24, 2.45) is 0 Å². The van der Waals surface area contributed by atoms with Gasteiger partial charge in [0, 0.05) is 56.0 Å². The molecular weight excluding hydrogens is 817 g/mol. The van der Waals surface area contributed by atoms with Crippen molar-refractivity contribution < 1.29 is 9.15 Å². The third-order valence-corrected chi connectivity index (χ3v) is 13.8. The molecule has 10 aromatic rings. The zero-order valence-electron chi connectivity index (χ0n) is 39.8. The summed E-state index contributed by atoms with van der Waals surface area (Å²) in [6.45, 7) is 22.0. The van der Waals surface area contributed by atoms with Crippen LogP contribution in [0.4, 0.5) is 28.4 Å². The summed E-state index contributed by atoms with van der Waals surface area (Å²) < 4.78 is 14.1. The average Bonchev–Trinajstić information content (AvgIpc) is 3.93. The number of benzene rings is 9. The first-order chi connectivity index (χ1) is 32.3. The average molecular weight is 873 g/mol. The van der Waals surface area contributed by atoms with Crippen molar-refractivity contribution >= 4 is 82.7 Å². The number of rotatable bonds is 8. The molecule has 0 atom stereocenters. The van der Waals surface area contributed by atoms with Crippen molar-refractivity contribution in [3.05, 3.63) is 216 Å². The lowest BCUT2D eigenvalue weighted by Gasteiger charge is -2.31. The van der Waals surface area contributed by atoms with Crippen molar-refractivity contribution in [1.29, 1.82) is 0 Å². The molecule has 0 radical (unpaired) electrons. The number of ether oxygens (including phenoxy) is 1. The van der Waals surface area contributed by atoms with Crippen LogP contribution in [0.5, 0.6) is 5.75 Å². The molecule has 1 aliphatic heterocycles. The van der Waals surface area contributed by atoms with Crippen LogP contribution >= 0.6 is 0 Å². The molecule has 0 spiro atoms. The lowest BCUT2D eigenvalue weighted by atomic mass is 9.85. The highest BCUT2D eigenvalue weighted by molar-refractivity contribution is 6.28. The Morgan fingerprint density at radius 2 is 1.07 bits per heavy atom. The van der Waals surface area contributed by atoms with E-state index in [9.17, 15) is 0 Å². The predicted molar refractivity (Wildman–Crippen MR) is 285 cm³/mol. The van der Waals surface area contributed by atoms with E-state index in [-0.39, 0.29) is 10.8 Å². The van der Waals surface area contributed by atoms with Gasteiger partial charge in [-0.3, -0.25) is 0 Å². The molecule has 67 heavy (non-hydrogen) atoms. The molecule has 4 nitrogen and oxygen atoms in total. The predicted octanol–water partition coefficient (Wildman–Crippen LogP) is 17.9. The normalized spacial score (nSPS) is 13.9. The second-order valence-electron chi connectivity index (χ2n) is 20.2. The number of para-hydroxylation sites is 5. The highest BCUT2D eigenvalue weighted by Crippen LogP contribution is 2.51. The van der Waals surface area contributed by atoms with Crippen LogP contribution in [0.2, 0.25) is 0 Å². The number of furan rings is 1. The number of fused-ring (bicyclic) bond motifs is 4. The van der Waals surface area contributed by atoms with Gasteiger partial charge in [-0.05, 0) is 93.8 Å². The summed E-state index contributed by atoms with van der Waals surface area (Å²) >= 11 is 0. The van der Waals surface area contributed by atoms with Gasteiger partial charge in [-0.25, -0.2) is 0 Å². The summed E-state index contributed by atoms with van der Waals surface area (Å²) in [7, 11) is 0. The highest BCUT2D eigenvalue weighted by Gasteiger charge is 2.32. The smallest absolute Gasteiger partial charge is 0.159 e. The second-order valence-corrected chi connectivity index (χ2v) is 20.2. The third-order valence-electron chi connectivity index (χ3n) is 13.8. The summed E-state index contributed by atoms with van der Waals surface area (Å²) in [5.74, 6) is 1.87. The Bertz CT molecular complexity index is 3660. The van der Waals surface area contributed by atoms with E-state index in [0.717, 1.165) is 83.9 Å². The Morgan fingerprint density at radius 1 is 0.522 bits per heavy atom. The van der Waals surface area contributed by atoms with E-state index < -0.39 is 0 Å². The molecular formula is C63H56N2O2. The minimum Gasteiger partial charge on any atom is -0.459 e. The second kappa shape index (κ2) is 15.8. The van der Waals surface area contributed by atoms with Crippen molar-refractivity contribution in [2.75, 3.05) is 9.80 Å². The minimum atomic E-state index is -0.0902. The summed E-state index contributed by atoms with van der Waals surface area (Å²) in [6, 6.07) is 55.4. The van der Waals surface area contributed by atoms with E-state index in [1.54, 1.807) is 0 Å². The van der Waals surface area contributed by atoms with Crippen LogP contribution < -0.4 is 14.5 Å². The van der Waals surface area contributed by atoms with Crippen LogP contribution in [0.15, 0.2) is 192 Å². The van der Waals surface area contributed by atoms with E-state index in [4.69, 9.17) is 9.15 Å². The van der Waals surface area contributed by atoms with Gasteiger partial charge in [-0.1, -0.05) is 182 Å². The lowest BCUT2D eigenvalue weighted by molar-refractivity contribution is 0.423. The van der Waals surface area contributed by atoms with Gasteiger partial charge in [-0.15, -0.1) is 0 Å². The summed E-state index contributed by atoms with van der Waals surface area (Å²) in [6.07, 6.45) is 6.72. The Balaban J connectivity index is 1.17. The summed E-state index contributed by atoms with van der Waals surface area (Å²) in [5.41, 5.74) is 13.9. The monoisotopic (exact) mass is 872 g/mol. The number of nitrogens with zero attached hydrogens (tertiary/aromatic N) is 2. The van der Waals surface area contributed by atoms with Gasteiger partial charge in [0.15, 0.2) is 5.58 Å². The maximum atomic E-state index is 7.09. The first-order valence-corrected chi connectivity index (χ1v) is 23.5. The number of anilines is 5. The standard InChI is InChI=1S/C63H56N2O2/c1-10-11-26-54(56-38-43-21-16-24-48(59(43)66-56)62(4,5)6)64(50-27-14-12-19-39(50)2)52-36-32-41-31-35-47-53(37-33-42-30-34-46(52)57(41)58(42)47)65(51-28-15-13-20-40(51)3)55-29-18-23-45-44-22-17-25-49(63(7,8)9)60(44)67-61(45)55/h10-37H,1,38H2,2-9H3/b26-11-,56-54-. The molecule has 4 heteroatoms. The van der Waals surface area contributed by atoms with Crippen LogP contribution in [0.1, 0.15) is 69.4 Å². The van der Waals surface area contributed by atoms with Gasteiger partial charge in [0.05, 0.1) is 22.8 Å². The maximum Gasteiger partial charge on any atom is 0.159 e. The first kappa shape index (κ1) is 42.1. The van der Waals surface area contributed by atoms with Crippen LogP contribution in [0.25, 0.3) is 54.3 Å². The van der Waals surface area contributed by atoms with Gasteiger partial charge < -0.3 is 19.0 Å². The number of hydrogen-bond acceptors (Lipinski definition) is 4. The Morgan fingerprint density at radius 3 is 1.73 bits per heavy atom. The topological polar surface area (TPSA) is 28.9 Å². The highest BCUT2D eigenvalue weighted by atomic mass is 16.5. The number of aryl methyl sites for hydroxylation is 2. The van der Waals surface area contributed by atoms with Gasteiger partial charge in [0.2, 0.25) is 0 Å². The van der Waals surface area contributed by atoms with Crippen LogP contribution in [-0.4, -0.2) is 0 Å². The molecule has 2 heterocycles. The number of hydrogen-bond donors (Lipinski definition) is 0. The molecule has 1 aromatic heterocycles. The fraction of sp³-hybridized carbons (Fsp3) is 0.175. The van der Waals surface area contributed by atoms with Crippen LogP contribution in [-0.2, 0) is 17.3 Å². The summed E-state index contributed by atoms with van der Waals surface area (Å²) in [4.78, 5) is 4.83. The SMILES string of the molecule is C=C/C=C\C(=C1/Cc2cccc(C(C)(C)C)c2O1)N(c1ccccc1C)c1ccc2ccc3c(N(c4ccccc4C)c4cccc5c4oc4c(C(C)(C)C)cccc45)ccc4ccc1c2c43. The molecule has 11 rings (SSSR count). The van der Waals surface area contributed by atoms with E-state index in [0.29, 0.717) is 6.42 Å². The Hall–Kier alpha value is -7.56. The van der Waals surface area contributed by atoms with Gasteiger partial charge >= 0.3 is 0 Å². The Labute approximate surface area is 394 Å². The molecule has 0 amide bonds. The third kappa shape index (κ3) is 6.88. The van der Waals surface area contributed by atoms with E-state index >= 15 is 0 Å². The van der Waals surface area contributed by atoms with Crippen molar-refractivity contribution in [3.63, 3.8) is 0 Å². The van der Waals surface area contributed by atoms with Crippen LogP contribution in [0, 0.1) is 13.8 Å². The quantitative estimate of drug-likeness (QED) is 0.112. The van der Waals surface area contributed by atoms with Gasteiger partial charge in [0.25, 0.3) is 0 Å². The fourth-order valence-electron chi connectivity index (χ4n) is 10.5. The molecule has 9 aromatic carbocycles. The fourth-order valence-corrected chi connectivity index (χ4v) is 10.5. The molecule has 0 aliphatic carbocycles. The van der Waals surface area contributed by atoms with Crippen LogP contribution in [0.3, 0.4) is 0 Å². The van der Waals surface area contributed by atoms with E-state index in [1.807, 2.05) is 12.2 Å². The number of allylic oxidation sites excluding steroid dienone is 4. The molecule has 1 aliphatic rings. The van der Waals surface area contributed by atoms with Crippen molar-refractivity contribution in [1.82, 2.24) is 0 Å². The maximum absolute atomic E-state index is 7.09. The molecule has 0 N–H and O–H groups in total. The Kier molecular flexibility index (Phi) is 9.93. The minimum absolute atomic E-state index is 0.0816.